The molecule has 1 aromatic carbocycles. The fraction of sp³-hybridized carbons (Fsp3) is 0.500. The van der Waals surface area contributed by atoms with Crippen molar-refractivity contribution in [3.8, 4) is 0 Å². The Morgan fingerprint density at radius 2 is 2.17 bits per heavy atom. The second-order valence-electron chi connectivity index (χ2n) is 4.92. The average molecular weight is 262 g/mol. The minimum absolute atomic E-state index is 0.862. The largest absolute Gasteiger partial charge is 0.406 e. The number of benzene rings is 1. The maximum Gasteiger partial charge on any atom is 0.267 e. The summed E-state index contributed by atoms with van der Waals surface area (Å²) < 4.78 is 8.26. The Morgan fingerprint density at radius 1 is 1.39 bits per heavy atom. The van der Waals surface area contributed by atoms with Crippen molar-refractivity contribution in [1.29, 1.82) is 0 Å². The maximum atomic E-state index is 5.74. The molecule has 0 radical (unpaired) electrons. The molecule has 0 amide bonds. The van der Waals surface area contributed by atoms with Gasteiger partial charge in [-0.3, -0.25) is 4.99 Å². The molecule has 2 rings (SSSR count). The van der Waals surface area contributed by atoms with E-state index < -0.39 is 8.48 Å². The first kappa shape index (κ1) is 13.5. The molecule has 1 aromatic rings. The zero-order valence-electron chi connectivity index (χ0n) is 11.3. The Balaban J connectivity index is 1.80. The van der Waals surface area contributed by atoms with Crippen molar-refractivity contribution in [2.75, 3.05) is 26.7 Å². The predicted octanol–water partition coefficient (Wildman–Crippen LogP) is 2.53. The van der Waals surface area contributed by atoms with E-state index in [1.807, 2.05) is 31.5 Å². The average Bonchev–Trinajstić information content (AvgIpc) is 2.78. The molecule has 0 N–H and O–H groups in total. The summed E-state index contributed by atoms with van der Waals surface area (Å²) in [6, 6.07) is 11.5. The molecule has 0 bridgehead atoms. The Morgan fingerprint density at radius 3 is 2.89 bits per heavy atom. The van der Waals surface area contributed by atoms with Crippen LogP contribution in [0, 0.1) is 0 Å². The lowest BCUT2D eigenvalue weighted by atomic mass is 10.2. The molecule has 1 atom stereocenters. The van der Waals surface area contributed by atoms with Crippen LogP contribution in [0.25, 0.3) is 0 Å². The minimum Gasteiger partial charge on any atom is -0.406 e. The molecular weight excluding hydrogens is 240 g/mol. The maximum absolute atomic E-state index is 5.74. The lowest BCUT2D eigenvalue weighted by Gasteiger charge is -2.30. The zero-order valence-corrected chi connectivity index (χ0v) is 12.3. The lowest BCUT2D eigenvalue weighted by Crippen LogP contribution is -2.49. The van der Waals surface area contributed by atoms with Gasteiger partial charge in [0.15, 0.2) is 0 Å². The molecule has 1 unspecified atom stereocenters. The van der Waals surface area contributed by atoms with Crippen LogP contribution in [0.15, 0.2) is 35.3 Å². The molecule has 18 heavy (non-hydrogen) atoms. The van der Waals surface area contributed by atoms with Crippen LogP contribution in [0.2, 0.25) is 12.6 Å². The molecule has 4 heteroatoms. The van der Waals surface area contributed by atoms with Gasteiger partial charge in [-0.25, -0.2) is 0 Å². The van der Waals surface area contributed by atoms with Crippen molar-refractivity contribution < 1.29 is 4.43 Å². The van der Waals surface area contributed by atoms with E-state index in [-0.39, 0.29) is 0 Å². The van der Waals surface area contributed by atoms with Gasteiger partial charge < -0.3 is 8.99 Å². The highest BCUT2D eigenvalue weighted by Gasteiger charge is 2.39. The van der Waals surface area contributed by atoms with Gasteiger partial charge in [0.05, 0.1) is 6.54 Å². The van der Waals surface area contributed by atoms with E-state index in [4.69, 9.17) is 4.43 Å². The van der Waals surface area contributed by atoms with Crippen LogP contribution in [0.1, 0.15) is 12.0 Å². The molecule has 0 aliphatic carbocycles. The van der Waals surface area contributed by atoms with Crippen LogP contribution in [-0.4, -0.2) is 46.0 Å². The first-order valence-corrected chi connectivity index (χ1v) is 9.16. The molecule has 0 spiro atoms. The van der Waals surface area contributed by atoms with Gasteiger partial charge in [0, 0.05) is 19.9 Å². The molecule has 3 nitrogen and oxygen atoms in total. The third-order valence-electron chi connectivity index (χ3n) is 3.72. The Kier molecular flexibility index (Phi) is 4.69. The normalized spacial score (nSPS) is 25.0. The number of rotatable bonds is 5. The van der Waals surface area contributed by atoms with Crippen LogP contribution in [0.4, 0.5) is 0 Å². The third kappa shape index (κ3) is 3.28. The Labute approximate surface area is 111 Å². The molecule has 1 aliphatic rings. The Hall–Kier alpha value is -0.973. The number of nitrogens with zero attached hydrogens (tertiary/aromatic N) is 2. The van der Waals surface area contributed by atoms with Crippen molar-refractivity contribution in [2.24, 2.45) is 4.99 Å². The highest BCUT2D eigenvalue weighted by Crippen LogP contribution is 2.25. The summed E-state index contributed by atoms with van der Waals surface area (Å²) in [6.07, 6.45) is 3.24. The van der Waals surface area contributed by atoms with Gasteiger partial charge in [-0.15, -0.1) is 0 Å². The number of hydrogen-bond donors (Lipinski definition) is 0. The quantitative estimate of drug-likeness (QED) is 0.602. The van der Waals surface area contributed by atoms with E-state index in [1.165, 1.54) is 24.6 Å². The molecule has 1 fully saturated rings. The van der Waals surface area contributed by atoms with Crippen LogP contribution in [-0.2, 0) is 4.43 Å². The highest BCUT2D eigenvalue weighted by atomic mass is 28.4. The third-order valence-corrected chi connectivity index (χ3v) is 7.66. The molecular formula is C14H22N2OSi. The van der Waals surface area contributed by atoms with E-state index in [0.29, 0.717) is 0 Å². The summed E-state index contributed by atoms with van der Waals surface area (Å²) in [5, 5.41) is 0. The Bertz CT molecular complexity index is 396. The van der Waals surface area contributed by atoms with Crippen molar-refractivity contribution in [2.45, 2.75) is 19.0 Å². The second-order valence-corrected chi connectivity index (χ2v) is 8.81. The van der Waals surface area contributed by atoms with Gasteiger partial charge in [-0.1, -0.05) is 30.3 Å². The zero-order chi connectivity index (χ0) is 12.8. The van der Waals surface area contributed by atoms with Crippen molar-refractivity contribution in [3.63, 3.8) is 0 Å². The van der Waals surface area contributed by atoms with E-state index in [9.17, 15) is 0 Å². The van der Waals surface area contributed by atoms with Crippen LogP contribution in [0.5, 0.6) is 0 Å². The first-order valence-electron chi connectivity index (χ1n) is 6.60. The van der Waals surface area contributed by atoms with Gasteiger partial charge >= 0.3 is 0 Å². The summed E-state index contributed by atoms with van der Waals surface area (Å²) in [5.74, 6) is 0. The highest BCUT2D eigenvalue weighted by molar-refractivity contribution is 6.70. The molecule has 98 valence electrons. The van der Waals surface area contributed by atoms with E-state index in [0.717, 1.165) is 13.1 Å². The lowest BCUT2D eigenvalue weighted by molar-refractivity contribution is 0.320. The second kappa shape index (κ2) is 6.27. The summed E-state index contributed by atoms with van der Waals surface area (Å²) in [6.45, 7) is 5.37. The van der Waals surface area contributed by atoms with Crippen LogP contribution in [0.3, 0.4) is 0 Å². The van der Waals surface area contributed by atoms with Crippen LogP contribution < -0.4 is 0 Å². The topological polar surface area (TPSA) is 24.8 Å². The smallest absolute Gasteiger partial charge is 0.267 e. The minimum atomic E-state index is -1.56. The monoisotopic (exact) mass is 262 g/mol. The molecule has 0 saturated carbocycles. The number of hydrogen-bond acceptors (Lipinski definition) is 3. The molecule has 1 saturated heterocycles. The fourth-order valence-electron chi connectivity index (χ4n) is 2.46. The fourth-order valence-corrected chi connectivity index (χ4v) is 5.26. The van der Waals surface area contributed by atoms with Gasteiger partial charge in [-0.2, -0.15) is 0 Å². The predicted molar refractivity (Wildman–Crippen MR) is 78.5 cm³/mol. The summed E-state index contributed by atoms with van der Waals surface area (Å²) in [5.41, 5.74) is 1.17. The molecule has 1 aliphatic heterocycles. The standard InChI is InChI=1S/C14H22N2OSi/c1-17-18(2)12-6-10-16(18)11-9-15-13-14-7-4-3-5-8-14/h3-5,7-8,13H,6,9-12H2,1-2H3. The first-order chi connectivity index (χ1) is 8.74. The van der Waals surface area contributed by atoms with E-state index in [2.05, 4.69) is 28.2 Å². The van der Waals surface area contributed by atoms with Gasteiger partial charge in [-0.05, 0) is 31.1 Å². The number of aliphatic imine (C=N–C) groups is 1. The van der Waals surface area contributed by atoms with Crippen molar-refractivity contribution in [3.05, 3.63) is 35.9 Å². The van der Waals surface area contributed by atoms with Crippen molar-refractivity contribution >= 4 is 14.7 Å². The SMILES string of the molecule is CO[Si]1(C)CCCN1CCN=Cc1ccccc1. The summed E-state index contributed by atoms with van der Waals surface area (Å²) >= 11 is 0. The van der Waals surface area contributed by atoms with Gasteiger partial charge in [0.1, 0.15) is 0 Å². The van der Waals surface area contributed by atoms with Crippen LogP contribution >= 0.6 is 0 Å². The molecule has 1 heterocycles. The van der Waals surface area contributed by atoms with Gasteiger partial charge in [0.2, 0.25) is 0 Å². The van der Waals surface area contributed by atoms with E-state index in [1.54, 1.807) is 0 Å². The summed E-state index contributed by atoms with van der Waals surface area (Å²) in [7, 11) is 0.299. The molecule has 0 aromatic heterocycles. The van der Waals surface area contributed by atoms with Crippen molar-refractivity contribution in [1.82, 2.24) is 4.57 Å². The summed E-state index contributed by atoms with van der Waals surface area (Å²) in [4.78, 5) is 4.50. The van der Waals surface area contributed by atoms with E-state index >= 15 is 0 Å². The van der Waals surface area contributed by atoms with Gasteiger partial charge in [0.25, 0.3) is 8.48 Å².